The van der Waals surface area contributed by atoms with Crippen LogP contribution < -0.4 is 20.4 Å². The fourth-order valence-corrected chi connectivity index (χ4v) is 13.2. The molecule has 5 saturated heterocycles. The van der Waals surface area contributed by atoms with Crippen molar-refractivity contribution in [2.24, 2.45) is 11.3 Å². The van der Waals surface area contributed by atoms with Crippen molar-refractivity contribution in [2.45, 2.75) is 154 Å². The zero-order valence-corrected chi connectivity index (χ0v) is 43.0. The normalized spacial score (nSPS) is 24.8. The third-order valence-electron chi connectivity index (χ3n) is 17.8. The second kappa shape index (κ2) is 19.2. The molecule has 72 heavy (non-hydrogen) atoms. The van der Waals surface area contributed by atoms with E-state index in [1.165, 1.54) is 19.3 Å². The molecule has 0 radical (unpaired) electrons. The van der Waals surface area contributed by atoms with Crippen molar-refractivity contribution in [3.8, 4) is 11.3 Å². The van der Waals surface area contributed by atoms with Gasteiger partial charge in [0.25, 0.3) is 0 Å². The molecule has 1 aromatic carbocycles. The van der Waals surface area contributed by atoms with Crippen LogP contribution in [0.25, 0.3) is 22.3 Å². The van der Waals surface area contributed by atoms with Crippen LogP contribution in [0.15, 0.2) is 48.9 Å². The SMILES string of the molecule is CC(C)Nc1nc(-c2ccc3c(c2)N(C2CC(N4CCCCC4)C2)C(=O)C32CCN(C(=O)C3(C)CCN(C(=O)C4CCN(c5ccc(C6CCC(=O)NC6=O)cn5)CC4)CC3)CC2)cc2ncn(C(C)C)c12. The molecule has 16 heteroatoms. The Morgan fingerprint density at radius 1 is 0.792 bits per heavy atom. The Bertz CT molecular complexity index is 2730. The summed E-state index contributed by atoms with van der Waals surface area (Å²) in [6.07, 6.45) is 14.1. The maximum atomic E-state index is 15.3. The highest BCUT2D eigenvalue weighted by atomic mass is 16.2. The summed E-state index contributed by atoms with van der Waals surface area (Å²) < 4.78 is 2.17. The van der Waals surface area contributed by atoms with Crippen LogP contribution in [-0.4, -0.2) is 134 Å². The van der Waals surface area contributed by atoms with Gasteiger partial charge in [0, 0.05) is 98.6 Å². The molecule has 2 N–H and O–H groups in total. The van der Waals surface area contributed by atoms with Gasteiger partial charge in [-0.1, -0.05) is 31.5 Å². The van der Waals surface area contributed by atoms with Crippen molar-refractivity contribution in [3.63, 3.8) is 0 Å². The minimum atomic E-state index is -0.694. The highest BCUT2D eigenvalue weighted by molar-refractivity contribution is 6.09. The van der Waals surface area contributed by atoms with Gasteiger partial charge in [-0.15, -0.1) is 0 Å². The van der Waals surface area contributed by atoms with Crippen LogP contribution in [0.5, 0.6) is 0 Å². The lowest BCUT2D eigenvalue weighted by Crippen LogP contribution is -2.59. The molecule has 9 heterocycles. The average molecular weight is 980 g/mol. The molecule has 6 aliphatic heterocycles. The first-order valence-corrected chi connectivity index (χ1v) is 27.2. The average Bonchev–Trinajstić information content (AvgIpc) is 3.91. The fourth-order valence-electron chi connectivity index (χ4n) is 13.2. The summed E-state index contributed by atoms with van der Waals surface area (Å²) in [7, 11) is 0. The minimum absolute atomic E-state index is 0.0748. The zero-order valence-electron chi connectivity index (χ0n) is 43.0. The van der Waals surface area contributed by atoms with E-state index < -0.39 is 10.8 Å². The Kier molecular flexibility index (Phi) is 12.9. The molecule has 1 unspecified atom stereocenters. The molecule has 1 aliphatic carbocycles. The highest BCUT2D eigenvalue weighted by Crippen LogP contribution is 2.53. The van der Waals surface area contributed by atoms with E-state index in [9.17, 15) is 19.2 Å². The van der Waals surface area contributed by atoms with Gasteiger partial charge in [0.05, 0.1) is 28.9 Å². The number of pyridine rings is 2. The number of rotatable bonds is 10. The number of anilines is 3. The van der Waals surface area contributed by atoms with E-state index in [-0.39, 0.29) is 59.5 Å². The second-order valence-electron chi connectivity index (χ2n) is 23.0. The number of benzene rings is 1. The fraction of sp³-hybridized carbons (Fsp3) is 0.607. The van der Waals surface area contributed by atoms with E-state index in [0.717, 1.165) is 89.5 Å². The number of imide groups is 1. The number of aromatic nitrogens is 4. The van der Waals surface area contributed by atoms with Crippen LogP contribution in [-0.2, 0) is 29.4 Å². The number of fused-ring (bicyclic) bond motifs is 3. The Hall–Kier alpha value is -5.90. The van der Waals surface area contributed by atoms with Gasteiger partial charge in [-0.2, -0.15) is 0 Å². The molecule has 1 saturated carbocycles. The second-order valence-corrected chi connectivity index (χ2v) is 23.0. The molecular formula is C56H73N11O5. The maximum Gasteiger partial charge on any atom is 0.238 e. The first kappa shape index (κ1) is 48.4. The third kappa shape index (κ3) is 8.72. The van der Waals surface area contributed by atoms with E-state index in [2.05, 4.69) is 93.8 Å². The summed E-state index contributed by atoms with van der Waals surface area (Å²) in [5.74, 6) is 1.20. The van der Waals surface area contributed by atoms with Crippen LogP contribution in [0.1, 0.15) is 141 Å². The Morgan fingerprint density at radius 2 is 1.51 bits per heavy atom. The first-order valence-electron chi connectivity index (χ1n) is 27.2. The Balaban J connectivity index is 0.748. The van der Waals surface area contributed by atoms with Crippen LogP contribution in [0.2, 0.25) is 0 Å². The summed E-state index contributed by atoms with van der Waals surface area (Å²) in [5, 5.41) is 6.02. The third-order valence-corrected chi connectivity index (χ3v) is 17.8. The largest absolute Gasteiger partial charge is 0.366 e. The monoisotopic (exact) mass is 980 g/mol. The molecule has 4 aromatic rings. The molecule has 16 nitrogen and oxygen atoms in total. The Labute approximate surface area is 423 Å². The number of nitrogens with one attached hydrogen (secondary N) is 2. The van der Waals surface area contributed by atoms with E-state index >= 15 is 4.79 Å². The molecule has 7 aliphatic rings. The van der Waals surface area contributed by atoms with Gasteiger partial charge in [0.15, 0.2) is 5.82 Å². The van der Waals surface area contributed by atoms with E-state index in [4.69, 9.17) is 9.97 Å². The lowest BCUT2D eigenvalue weighted by Gasteiger charge is -2.48. The summed E-state index contributed by atoms with van der Waals surface area (Å²) in [6, 6.07) is 13.5. The highest BCUT2D eigenvalue weighted by Gasteiger charge is 2.56. The molecule has 3 aromatic heterocycles. The lowest BCUT2D eigenvalue weighted by molar-refractivity contribution is -0.150. The van der Waals surface area contributed by atoms with Gasteiger partial charge < -0.3 is 34.4 Å². The van der Waals surface area contributed by atoms with Crippen molar-refractivity contribution >= 4 is 57.9 Å². The number of hydrogen-bond acceptors (Lipinski definition) is 11. The van der Waals surface area contributed by atoms with Crippen LogP contribution in [0, 0.1) is 11.3 Å². The van der Waals surface area contributed by atoms with Gasteiger partial charge in [-0.25, -0.2) is 15.0 Å². The summed E-state index contributed by atoms with van der Waals surface area (Å²) in [5.41, 5.74) is 5.29. The number of carbonyl (C=O) groups excluding carboxylic acids is 5. The Morgan fingerprint density at radius 3 is 2.18 bits per heavy atom. The van der Waals surface area contributed by atoms with E-state index in [1.54, 1.807) is 6.20 Å². The van der Waals surface area contributed by atoms with Gasteiger partial charge in [0.1, 0.15) is 11.3 Å². The van der Waals surface area contributed by atoms with Crippen molar-refractivity contribution in [1.29, 1.82) is 0 Å². The van der Waals surface area contributed by atoms with Gasteiger partial charge >= 0.3 is 0 Å². The summed E-state index contributed by atoms with van der Waals surface area (Å²) in [4.78, 5) is 93.5. The van der Waals surface area contributed by atoms with Crippen LogP contribution in [0.4, 0.5) is 17.3 Å². The van der Waals surface area contributed by atoms with Crippen molar-refractivity contribution in [3.05, 3.63) is 60.0 Å². The van der Waals surface area contributed by atoms with Crippen molar-refractivity contribution in [1.82, 2.24) is 39.5 Å². The number of piperidine rings is 5. The number of carbonyl (C=O) groups is 5. The van der Waals surface area contributed by atoms with Crippen LogP contribution in [0.3, 0.4) is 0 Å². The van der Waals surface area contributed by atoms with Gasteiger partial charge in [0.2, 0.25) is 29.5 Å². The maximum absolute atomic E-state index is 15.3. The topological polar surface area (TPSA) is 169 Å². The van der Waals surface area contributed by atoms with Gasteiger partial charge in [-0.3, -0.25) is 29.3 Å². The molecule has 5 amide bonds. The molecular weight excluding hydrogens is 907 g/mol. The zero-order chi connectivity index (χ0) is 50.1. The number of likely N-dealkylation sites (tertiary alicyclic amines) is 3. The predicted molar refractivity (Wildman–Crippen MR) is 278 cm³/mol. The minimum Gasteiger partial charge on any atom is -0.366 e. The molecule has 6 fully saturated rings. The molecule has 11 rings (SSSR count). The summed E-state index contributed by atoms with van der Waals surface area (Å²) >= 11 is 0. The first-order chi connectivity index (χ1) is 34.7. The van der Waals surface area contributed by atoms with Crippen molar-refractivity contribution in [2.75, 3.05) is 67.5 Å². The van der Waals surface area contributed by atoms with Crippen LogP contribution >= 0.6 is 0 Å². The van der Waals surface area contributed by atoms with Gasteiger partial charge in [-0.05, 0) is 141 Å². The van der Waals surface area contributed by atoms with E-state index in [0.29, 0.717) is 83.8 Å². The lowest BCUT2D eigenvalue weighted by atomic mass is 9.72. The number of amides is 5. The van der Waals surface area contributed by atoms with Crippen molar-refractivity contribution < 1.29 is 24.0 Å². The smallest absolute Gasteiger partial charge is 0.238 e. The quantitative estimate of drug-likeness (QED) is 0.155. The predicted octanol–water partition coefficient (Wildman–Crippen LogP) is 7.18. The molecule has 1 spiro atoms. The number of nitrogens with zero attached hydrogens (tertiary/aromatic N) is 9. The molecule has 382 valence electrons. The molecule has 0 bridgehead atoms. The van der Waals surface area contributed by atoms with E-state index in [1.807, 2.05) is 28.3 Å². The number of imidazole rings is 1. The number of hydrogen-bond donors (Lipinski definition) is 2. The standard InChI is InChI=1S/C56H73N11O5/c1-35(2)59-50-49-45(58-34-66(49)36(3)4)32-44(60-50)38-9-12-43-46(29-38)67(41-30-40(31-41)62-21-7-6-8-22-62)54(72)56(43)19-27-65(28-20-56)53(71)55(5)17-25-64(26-18-55)52(70)37-15-23-63(24-16-37)47-13-10-39(33-57-47)42-11-14-48(68)61-51(42)69/h9-10,12-13,29,32-37,40-42H,6-8,11,14-28,30-31H2,1-5H3,(H,59,60)(H,61,68,69). The molecule has 1 atom stereocenters. The summed E-state index contributed by atoms with van der Waals surface area (Å²) in [6.45, 7) is 16.5.